The largest absolute Gasteiger partial charge is 0.485 e. The number of halogens is 3. The Morgan fingerprint density at radius 3 is 2.65 bits per heavy atom. The average molecular weight is 313 g/mol. The molecule has 1 aliphatic heterocycles. The van der Waals surface area contributed by atoms with Crippen LogP contribution in [0.25, 0.3) is 0 Å². The summed E-state index contributed by atoms with van der Waals surface area (Å²) >= 11 is 11.9. The van der Waals surface area contributed by atoms with Gasteiger partial charge in [0, 0.05) is 18.1 Å². The number of aliphatic hydroxyl groups excluding tert-OH is 1. The lowest BCUT2D eigenvalue weighted by Gasteiger charge is -2.30. The first-order valence-electron chi connectivity index (χ1n) is 6.13. The van der Waals surface area contributed by atoms with Crippen LogP contribution in [0.15, 0.2) is 36.4 Å². The van der Waals surface area contributed by atoms with Gasteiger partial charge in [0.1, 0.15) is 17.7 Å². The monoisotopic (exact) mass is 312 g/mol. The van der Waals surface area contributed by atoms with Crippen molar-refractivity contribution in [1.29, 1.82) is 0 Å². The fourth-order valence-corrected chi connectivity index (χ4v) is 2.64. The van der Waals surface area contributed by atoms with Gasteiger partial charge in [-0.1, -0.05) is 29.3 Å². The predicted octanol–water partition coefficient (Wildman–Crippen LogP) is 4.69. The highest BCUT2D eigenvalue weighted by molar-refractivity contribution is 6.42. The van der Waals surface area contributed by atoms with Crippen LogP contribution >= 0.6 is 23.2 Å². The van der Waals surface area contributed by atoms with E-state index < -0.39 is 11.9 Å². The molecule has 20 heavy (non-hydrogen) atoms. The molecule has 1 unspecified atom stereocenters. The van der Waals surface area contributed by atoms with Crippen molar-refractivity contribution in [2.45, 2.75) is 18.6 Å². The zero-order valence-corrected chi connectivity index (χ0v) is 11.8. The third kappa shape index (κ3) is 2.49. The van der Waals surface area contributed by atoms with Crippen molar-refractivity contribution < 1.29 is 14.2 Å². The van der Waals surface area contributed by atoms with E-state index in [1.165, 1.54) is 12.1 Å². The van der Waals surface area contributed by atoms with Gasteiger partial charge in [-0.2, -0.15) is 0 Å². The first-order valence-corrected chi connectivity index (χ1v) is 6.89. The number of hydrogen-bond donors (Lipinski definition) is 1. The van der Waals surface area contributed by atoms with Crippen molar-refractivity contribution in [2.75, 3.05) is 0 Å². The molecule has 1 aliphatic rings. The maximum Gasteiger partial charge on any atom is 0.128 e. The summed E-state index contributed by atoms with van der Waals surface area (Å²) in [6.07, 6.45) is -0.691. The first-order chi connectivity index (χ1) is 9.54. The Morgan fingerprint density at radius 1 is 1.10 bits per heavy atom. The van der Waals surface area contributed by atoms with Crippen molar-refractivity contribution >= 4 is 23.2 Å². The number of benzene rings is 2. The molecule has 3 rings (SSSR count). The predicted molar refractivity (Wildman–Crippen MR) is 75.8 cm³/mol. The van der Waals surface area contributed by atoms with E-state index in [1.54, 1.807) is 24.3 Å². The van der Waals surface area contributed by atoms with Gasteiger partial charge < -0.3 is 9.84 Å². The quantitative estimate of drug-likeness (QED) is 0.827. The van der Waals surface area contributed by atoms with Crippen molar-refractivity contribution in [3.63, 3.8) is 0 Å². The molecular formula is C15H11Cl2FO2. The Hall–Kier alpha value is -1.29. The number of aliphatic hydroxyl groups is 1. The molecule has 0 aliphatic carbocycles. The van der Waals surface area contributed by atoms with Gasteiger partial charge in [-0.25, -0.2) is 4.39 Å². The van der Waals surface area contributed by atoms with Crippen LogP contribution in [0, 0.1) is 5.82 Å². The summed E-state index contributed by atoms with van der Waals surface area (Å²) in [4.78, 5) is 0. The Labute approximate surface area is 125 Å². The number of hydrogen-bond acceptors (Lipinski definition) is 2. The Bertz CT molecular complexity index is 660. The van der Waals surface area contributed by atoms with Gasteiger partial charge >= 0.3 is 0 Å². The molecule has 0 spiro atoms. The van der Waals surface area contributed by atoms with Gasteiger partial charge in [0.05, 0.1) is 16.1 Å². The summed E-state index contributed by atoms with van der Waals surface area (Å²) in [7, 11) is 0. The lowest BCUT2D eigenvalue weighted by Crippen LogP contribution is -2.19. The van der Waals surface area contributed by atoms with Gasteiger partial charge in [-0.05, 0) is 29.8 Å². The maximum absolute atomic E-state index is 13.3. The summed E-state index contributed by atoms with van der Waals surface area (Å²) in [5, 5.41) is 11.0. The Kier molecular flexibility index (Phi) is 3.59. The van der Waals surface area contributed by atoms with Crippen LogP contribution in [0.4, 0.5) is 4.39 Å². The van der Waals surface area contributed by atoms with E-state index in [4.69, 9.17) is 27.9 Å². The first kappa shape index (κ1) is 13.7. The van der Waals surface area contributed by atoms with E-state index in [0.717, 1.165) is 5.56 Å². The normalized spacial score (nSPS) is 21.2. The van der Waals surface area contributed by atoms with Crippen LogP contribution < -0.4 is 4.74 Å². The minimum absolute atomic E-state index is 0.361. The number of rotatable bonds is 1. The topological polar surface area (TPSA) is 29.5 Å². The zero-order chi connectivity index (χ0) is 14.3. The molecule has 1 heterocycles. The SMILES string of the molecule is O[C@H]1CC(c2ccc(Cl)c(Cl)c2)Oc2cc(F)ccc21. The van der Waals surface area contributed by atoms with Crippen LogP contribution in [0.2, 0.25) is 10.0 Å². The molecule has 0 fully saturated rings. The average Bonchev–Trinajstić information content (AvgIpc) is 2.41. The molecule has 1 N–H and O–H groups in total. The third-order valence-corrected chi connectivity index (χ3v) is 4.10. The lowest BCUT2D eigenvalue weighted by molar-refractivity contribution is 0.0654. The van der Waals surface area contributed by atoms with Gasteiger partial charge in [0.15, 0.2) is 0 Å². The van der Waals surface area contributed by atoms with Gasteiger partial charge in [0.25, 0.3) is 0 Å². The molecule has 2 atom stereocenters. The van der Waals surface area contributed by atoms with Crippen LogP contribution in [-0.4, -0.2) is 5.11 Å². The van der Waals surface area contributed by atoms with Gasteiger partial charge in [-0.15, -0.1) is 0 Å². The fraction of sp³-hybridized carbons (Fsp3) is 0.200. The van der Waals surface area contributed by atoms with E-state index in [0.29, 0.717) is 27.8 Å². The Morgan fingerprint density at radius 2 is 1.90 bits per heavy atom. The molecule has 0 radical (unpaired) electrons. The van der Waals surface area contributed by atoms with Crippen molar-refractivity contribution in [2.24, 2.45) is 0 Å². The summed E-state index contributed by atoms with van der Waals surface area (Å²) in [5.41, 5.74) is 1.40. The van der Waals surface area contributed by atoms with E-state index >= 15 is 0 Å². The molecule has 0 saturated carbocycles. The summed E-state index contributed by atoms with van der Waals surface area (Å²) < 4.78 is 19.0. The van der Waals surface area contributed by atoms with Gasteiger partial charge in [-0.3, -0.25) is 0 Å². The molecule has 2 aromatic rings. The highest BCUT2D eigenvalue weighted by Gasteiger charge is 2.28. The minimum atomic E-state index is -0.696. The second-order valence-electron chi connectivity index (χ2n) is 4.71. The second-order valence-corrected chi connectivity index (χ2v) is 5.53. The van der Waals surface area contributed by atoms with E-state index in [1.807, 2.05) is 0 Å². The van der Waals surface area contributed by atoms with Crippen molar-refractivity contribution in [1.82, 2.24) is 0 Å². The highest BCUT2D eigenvalue weighted by atomic mass is 35.5. The molecular weight excluding hydrogens is 302 g/mol. The van der Waals surface area contributed by atoms with Crippen LogP contribution in [-0.2, 0) is 0 Å². The molecule has 0 amide bonds. The third-order valence-electron chi connectivity index (χ3n) is 3.36. The van der Waals surface area contributed by atoms with Crippen LogP contribution in [0.5, 0.6) is 5.75 Å². The molecule has 0 aromatic heterocycles. The van der Waals surface area contributed by atoms with Crippen molar-refractivity contribution in [3.8, 4) is 5.75 Å². The minimum Gasteiger partial charge on any atom is -0.485 e. The standard InChI is InChI=1S/C15H11Cl2FO2/c16-11-4-1-8(5-12(11)17)14-7-13(19)10-3-2-9(18)6-15(10)20-14/h1-6,13-14,19H,7H2/t13-,14?/m0/s1. The Balaban J connectivity index is 1.96. The molecule has 5 heteroatoms. The molecule has 0 saturated heterocycles. The molecule has 0 bridgehead atoms. The van der Waals surface area contributed by atoms with E-state index in [-0.39, 0.29) is 6.10 Å². The number of fused-ring (bicyclic) bond motifs is 1. The van der Waals surface area contributed by atoms with E-state index in [9.17, 15) is 9.50 Å². The zero-order valence-electron chi connectivity index (χ0n) is 10.3. The van der Waals surface area contributed by atoms with Crippen LogP contribution in [0.1, 0.15) is 29.8 Å². The van der Waals surface area contributed by atoms with Crippen molar-refractivity contribution in [3.05, 3.63) is 63.4 Å². The molecule has 2 nitrogen and oxygen atoms in total. The lowest BCUT2D eigenvalue weighted by atomic mass is 9.95. The van der Waals surface area contributed by atoms with E-state index in [2.05, 4.69) is 0 Å². The summed E-state index contributed by atoms with van der Waals surface area (Å²) in [6.45, 7) is 0. The summed E-state index contributed by atoms with van der Waals surface area (Å²) in [5.74, 6) is -0.0365. The summed E-state index contributed by atoms with van der Waals surface area (Å²) in [6, 6.07) is 9.30. The van der Waals surface area contributed by atoms with Crippen LogP contribution in [0.3, 0.4) is 0 Å². The van der Waals surface area contributed by atoms with Gasteiger partial charge in [0.2, 0.25) is 0 Å². The molecule has 104 valence electrons. The highest BCUT2D eigenvalue weighted by Crippen LogP contribution is 2.41. The fourth-order valence-electron chi connectivity index (χ4n) is 2.33. The molecule has 2 aromatic carbocycles. The smallest absolute Gasteiger partial charge is 0.128 e. The maximum atomic E-state index is 13.3. The number of ether oxygens (including phenoxy) is 1. The second kappa shape index (κ2) is 5.24.